The number of carboxylic acids is 1. The predicted octanol–water partition coefficient (Wildman–Crippen LogP) is 7.74. The first-order valence-corrected chi connectivity index (χ1v) is 14.1. The number of aromatic nitrogens is 2. The summed E-state index contributed by atoms with van der Waals surface area (Å²) in [4.78, 5) is 37.8. The van der Waals surface area contributed by atoms with E-state index in [1.54, 1.807) is 31.2 Å². The van der Waals surface area contributed by atoms with Crippen molar-refractivity contribution in [2.75, 3.05) is 6.54 Å². The molecule has 230 valence electrons. The highest BCUT2D eigenvalue weighted by atomic mass is 35.5. The molecule has 13 heteroatoms. The molecule has 0 unspecified atom stereocenters. The maximum Gasteiger partial charge on any atom is 0.417 e. The molecule has 0 atom stereocenters. The molecular formula is C32H22Cl2F3N3O5. The molecule has 0 saturated heterocycles. The van der Waals surface area contributed by atoms with Gasteiger partial charge in [0.05, 0.1) is 27.2 Å². The number of nitrogens with one attached hydrogen (secondary N) is 1. The van der Waals surface area contributed by atoms with Crippen molar-refractivity contribution < 1.29 is 37.4 Å². The number of carboxylic acid groups (broad SMARTS) is 1. The van der Waals surface area contributed by atoms with Crippen LogP contribution in [0.25, 0.3) is 22.2 Å². The molecule has 5 rings (SSSR count). The lowest BCUT2D eigenvalue weighted by Gasteiger charge is -2.14. The second-order valence-corrected chi connectivity index (χ2v) is 10.6. The smallest absolute Gasteiger partial charge is 0.417 e. The summed E-state index contributed by atoms with van der Waals surface area (Å²) in [5.41, 5.74) is -0.709. The average Bonchev–Trinajstić information content (AvgIpc) is 3.37. The maximum atomic E-state index is 13.9. The number of alkyl halides is 3. The lowest BCUT2D eigenvalue weighted by atomic mass is 10.0. The number of nitrogens with zero attached hydrogens (tertiary/aromatic N) is 2. The number of hydrogen-bond acceptors (Lipinski definition) is 5. The van der Waals surface area contributed by atoms with Gasteiger partial charge >= 0.3 is 12.1 Å². The van der Waals surface area contributed by atoms with Gasteiger partial charge in [-0.3, -0.25) is 9.59 Å². The van der Waals surface area contributed by atoms with E-state index >= 15 is 0 Å². The molecule has 1 amide bonds. The van der Waals surface area contributed by atoms with E-state index in [0.717, 1.165) is 16.8 Å². The molecule has 4 aromatic carbocycles. The number of amides is 1. The SMILES string of the molecule is CCNC(=O)c1cccc(COc2cc(C(=O)O)ccc2-c2nn(C(=O)c3c(Cl)cccc3C(F)(F)F)c3ccc(Cl)cc23)c1. The third-order valence-electron chi connectivity index (χ3n) is 6.77. The number of carbonyl (C=O) groups excluding carboxylic acids is 2. The van der Waals surface area contributed by atoms with Gasteiger partial charge in [0.25, 0.3) is 11.8 Å². The van der Waals surface area contributed by atoms with Crippen molar-refractivity contribution in [2.45, 2.75) is 19.7 Å². The number of rotatable bonds is 8. The maximum absolute atomic E-state index is 13.9. The first-order valence-electron chi connectivity index (χ1n) is 13.4. The zero-order chi connectivity index (χ0) is 32.5. The Morgan fingerprint density at radius 2 is 1.71 bits per heavy atom. The molecule has 45 heavy (non-hydrogen) atoms. The number of carbonyl (C=O) groups is 3. The number of ether oxygens (including phenoxy) is 1. The summed E-state index contributed by atoms with van der Waals surface area (Å²) in [7, 11) is 0. The molecule has 0 fully saturated rings. The quantitative estimate of drug-likeness (QED) is 0.177. The van der Waals surface area contributed by atoms with Crippen LogP contribution in [-0.4, -0.2) is 39.2 Å². The second-order valence-electron chi connectivity index (χ2n) is 9.75. The lowest BCUT2D eigenvalue weighted by Crippen LogP contribution is -2.22. The molecule has 5 aromatic rings. The molecular weight excluding hydrogens is 634 g/mol. The minimum atomic E-state index is -4.88. The van der Waals surface area contributed by atoms with Gasteiger partial charge in [0.15, 0.2) is 0 Å². The first kappa shape index (κ1) is 31.6. The average molecular weight is 656 g/mol. The van der Waals surface area contributed by atoms with Crippen LogP contribution in [0.15, 0.2) is 78.9 Å². The van der Waals surface area contributed by atoms with E-state index in [-0.39, 0.29) is 51.0 Å². The van der Waals surface area contributed by atoms with Gasteiger partial charge in [0.1, 0.15) is 18.1 Å². The van der Waals surface area contributed by atoms with Crippen LogP contribution in [0.1, 0.15) is 49.1 Å². The van der Waals surface area contributed by atoms with Gasteiger partial charge in [0, 0.05) is 28.1 Å². The molecule has 1 heterocycles. The standard InChI is InChI=1S/C32H22Cl2F3N3O5/c1-2-38-29(41)18-6-3-5-17(13-18)16-45-26-14-19(31(43)44)9-11-21(26)28-22-15-20(33)10-12-25(22)40(39-28)30(42)27-23(32(35,36)37)7-4-8-24(27)34/h3-15H,2,16H2,1H3,(H,38,41)(H,43,44). The Kier molecular flexibility index (Phi) is 8.85. The molecule has 0 radical (unpaired) electrons. The van der Waals surface area contributed by atoms with Gasteiger partial charge in [-0.15, -0.1) is 0 Å². The molecule has 0 saturated carbocycles. The highest BCUT2D eigenvalue weighted by molar-refractivity contribution is 6.34. The van der Waals surface area contributed by atoms with Gasteiger partial charge in [-0.1, -0.05) is 41.4 Å². The van der Waals surface area contributed by atoms with E-state index in [1.165, 1.54) is 42.5 Å². The zero-order valence-electron chi connectivity index (χ0n) is 23.3. The monoisotopic (exact) mass is 655 g/mol. The van der Waals surface area contributed by atoms with Crippen molar-refractivity contribution in [1.29, 1.82) is 0 Å². The predicted molar refractivity (Wildman–Crippen MR) is 162 cm³/mol. The number of benzene rings is 4. The van der Waals surface area contributed by atoms with Crippen LogP contribution in [0.4, 0.5) is 13.2 Å². The van der Waals surface area contributed by atoms with Crippen molar-refractivity contribution in [3.05, 3.63) is 117 Å². The minimum Gasteiger partial charge on any atom is -0.488 e. The molecule has 2 N–H and O–H groups in total. The van der Waals surface area contributed by atoms with E-state index in [0.29, 0.717) is 17.7 Å². The highest BCUT2D eigenvalue weighted by Gasteiger charge is 2.37. The van der Waals surface area contributed by atoms with Crippen LogP contribution in [0.5, 0.6) is 5.75 Å². The highest BCUT2D eigenvalue weighted by Crippen LogP contribution is 2.39. The van der Waals surface area contributed by atoms with Crippen LogP contribution in [-0.2, 0) is 12.8 Å². The summed E-state index contributed by atoms with van der Waals surface area (Å²) < 4.78 is 48.5. The molecule has 0 aliphatic carbocycles. The summed E-state index contributed by atoms with van der Waals surface area (Å²) in [5.74, 6) is -2.61. The normalized spacial score (nSPS) is 11.4. The summed E-state index contributed by atoms with van der Waals surface area (Å²) >= 11 is 12.4. The van der Waals surface area contributed by atoms with Crippen molar-refractivity contribution in [2.24, 2.45) is 0 Å². The van der Waals surface area contributed by atoms with Crippen molar-refractivity contribution in [1.82, 2.24) is 15.1 Å². The van der Waals surface area contributed by atoms with E-state index in [4.69, 9.17) is 27.9 Å². The van der Waals surface area contributed by atoms with Crippen LogP contribution in [0.2, 0.25) is 10.0 Å². The largest absolute Gasteiger partial charge is 0.488 e. The van der Waals surface area contributed by atoms with E-state index in [9.17, 15) is 32.7 Å². The van der Waals surface area contributed by atoms with Crippen LogP contribution in [0.3, 0.4) is 0 Å². The van der Waals surface area contributed by atoms with Gasteiger partial charge < -0.3 is 15.2 Å². The molecule has 0 bridgehead atoms. The van der Waals surface area contributed by atoms with Crippen molar-refractivity contribution >= 4 is 51.9 Å². The number of fused-ring (bicyclic) bond motifs is 1. The first-order chi connectivity index (χ1) is 21.4. The Morgan fingerprint density at radius 3 is 2.42 bits per heavy atom. The topological polar surface area (TPSA) is 111 Å². The minimum absolute atomic E-state index is 0.0472. The van der Waals surface area contributed by atoms with E-state index < -0.39 is 34.2 Å². The van der Waals surface area contributed by atoms with Gasteiger partial charge in [-0.05, 0) is 73.2 Å². The number of halogens is 5. The fourth-order valence-electron chi connectivity index (χ4n) is 4.72. The van der Waals surface area contributed by atoms with Crippen LogP contribution < -0.4 is 10.1 Å². The van der Waals surface area contributed by atoms with Gasteiger partial charge in [-0.2, -0.15) is 23.0 Å². The summed E-state index contributed by atoms with van der Waals surface area (Å²) in [6.07, 6.45) is -4.88. The summed E-state index contributed by atoms with van der Waals surface area (Å²) in [6, 6.07) is 18.0. The Balaban J connectivity index is 1.63. The third kappa shape index (κ3) is 6.50. The van der Waals surface area contributed by atoms with Gasteiger partial charge in [-0.25, -0.2) is 4.79 Å². The Bertz CT molecular complexity index is 1970. The third-order valence-corrected chi connectivity index (χ3v) is 7.32. The Morgan fingerprint density at radius 1 is 0.956 bits per heavy atom. The summed E-state index contributed by atoms with van der Waals surface area (Å²) in [5, 5.41) is 16.9. The number of hydrogen-bond donors (Lipinski definition) is 2. The van der Waals surface area contributed by atoms with E-state index in [1.807, 2.05) is 0 Å². The Hall–Kier alpha value is -4.87. The lowest BCUT2D eigenvalue weighted by molar-refractivity contribution is -0.137. The molecule has 1 aromatic heterocycles. The molecule has 8 nitrogen and oxygen atoms in total. The van der Waals surface area contributed by atoms with Crippen molar-refractivity contribution in [3.8, 4) is 17.0 Å². The van der Waals surface area contributed by atoms with Gasteiger partial charge in [0.2, 0.25) is 0 Å². The fourth-order valence-corrected chi connectivity index (χ4v) is 5.15. The molecule has 0 aliphatic heterocycles. The van der Waals surface area contributed by atoms with Crippen LogP contribution in [0, 0.1) is 0 Å². The number of aromatic carboxylic acids is 1. The summed E-state index contributed by atoms with van der Waals surface area (Å²) in [6.45, 7) is 2.14. The molecule has 0 aliphatic rings. The molecule has 0 spiro atoms. The second kappa shape index (κ2) is 12.6. The van der Waals surface area contributed by atoms with Crippen LogP contribution >= 0.6 is 23.2 Å². The Labute approximate surface area is 263 Å². The fraction of sp³-hybridized carbons (Fsp3) is 0.125. The zero-order valence-corrected chi connectivity index (χ0v) is 24.8. The van der Waals surface area contributed by atoms with Crippen molar-refractivity contribution in [3.63, 3.8) is 0 Å². The van der Waals surface area contributed by atoms with E-state index in [2.05, 4.69) is 10.4 Å².